The number of Topliss-reactive ketones (excluding diaryl/α,β-unsaturated/α-hetero) is 1. The molecule has 15 heteroatoms. The van der Waals surface area contributed by atoms with Gasteiger partial charge in [-0.2, -0.15) is 0 Å². The quantitative estimate of drug-likeness (QED) is 0.0145. The van der Waals surface area contributed by atoms with Crippen LogP contribution >= 0.6 is 7.82 Å². The van der Waals surface area contributed by atoms with Gasteiger partial charge in [-0.3, -0.25) is 23.4 Å². The molecule has 0 heterocycles. The monoisotopic (exact) mass is 963 g/mol. The van der Waals surface area contributed by atoms with Gasteiger partial charge in [0.15, 0.2) is 6.10 Å². The summed E-state index contributed by atoms with van der Waals surface area (Å²) >= 11 is 0. The second-order valence-electron chi connectivity index (χ2n) is 19.1. The van der Waals surface area contributed by atoms with Crippen molar-refractivity contribution in [3.05, 3.63) is 12.2 Å². The first kappa shape index (κ1) is 62.3. The van der Waals surface area contributed by atoms with Gasteiger partial charge in [0.1, 0.15) is 18.5 Å². The Bertz CT molecular complexity index is 1300. The first-order chi connectivity index (χ1) is 31.7. The molecule has 0 bridgehead atoms. The Labute approximate surface area is 399 Å². The summed E-state index contributed by atoms with van der Waals surface area (Å²) in [5.74, 6) is -1.36. The van der Waals surface area contributed by atoms with E-state index in [4.69, 9.17) is 19.1 Å². The number of aliphatic hydroxyl groups excluding tert-OH is 5. The maximum absolute atomic E-state index is 12.9. The number of ketones is 1. The van der Waals surface area contributed by atoms with Crippen LogP contribution in [0.1, 0.15) is 220 Å². The van der Waals surface area contributed by atoms with Gasteiger partial charge < -0.3 is 39.9 Å². The van der Waals surface area contributed by atoms with Crippen molar-refractivity contribution in [1.29, 1.82) is 0 Å². The highest BCUT2D eigenvalue weighted by Gasteiger charge is 2.41. The molecule has 2 unspecified atom stereocenters. The zero-order chi connectivity index (χ0) is 48.8. The van der Waals surface area contributed by atoms with E-state index in [0.717, 1.165) is 44.4 Å². The number of phosphoric ester groups is 1. The van der Waals surface area contributed by atoms with Crippen LogP contribution in [0.3, 0.4) is 0 Å². The Kier molecular flexibility index (Phi) is 37.8. The molecule has 6 N–H and O–H groups in total. The lowest BCUT2D eigenvalue weighted by Gasteiger charge is -2.20. The zero-order valence-corrected chi connectivity index (χ0v) is 42.3. The molecule has 1 saturated carbocycles. The van der Waals surface area contributed by atoms with Crippen molar-refractivity contribution in [2.45, 2.75) is 250 Å². The van der Waals surface area contributed by atoms with Crippen molar-refractivity contribution in [2.24, 2.45) is 17.8 Å². The van der Waals surface area contributed by atoms with Crippen molar-refractivity contribution >= 4 is 25.5 Å². The molecular formula is C51H95O14P. The van der Waals surface area contributed by atoms with Gasteiger partial charge in [-0.25, -0.2) is 4.57 Å². The van der Waals surface area contributed by atoms with E-state index in [1.165, 1.54) is 103 Å². The summed E-state index contributed by atoms with van der Waals surface area (Å²) < 4.78 is 32.8. The van der Waals surface area contributed by atoms with E-state index >= 15 is 0 Å². The van der Waals surface area contributed by atoms with Gasteiger partial charge in [-0.1, -0.05) is 174 Å². The second kappa shape index (κ2) is 40.0. The topological polar surface area (TPSA) is 227 Å². The van der Waals surface area contributed by atoms with Crippen LogP contribution in [0.15, 0.2) is 12.2 Å². The lowest BCUT2D eigenvalue weighted by molar-refractivity contribution is -0.161. The molecular weight excluding hydrogens is 868 g/mol. The molecule has 0 aromatic heterocycles. The van der Waals surface area contributed by atoms with E-state index in [1.54, 1.807) is 12.2 Å². The van der Waals surface area contributed by atoms with E-state index in [-0.39, 0.29) is 37.9 Å². The average Bonchev–Trinajstić information content (AvgIpc) is 3.56. The van der Waals surface area contributed by atoms with Crippen molar-refractivity contribution in [1.82, 2.24) is 0 Å². The predicted octanol–water partition coefficient (Wildman–Crippen LogP) is 10.2. The summed E-state index contributed by atoms with van der Waals surface area (Å²) in [5.41, 5.74) is 0. The normalized spacial score (nSPS) is 20.3. The summed E-state index contributed by atoms with van der Waals surface area (Å²) in [6.07, 6.45) is 28.0. The van der Waals surface area contributed by atoms with Gasteiger partial charge in [0, 0.05) is 43.9 Å². The number of ether oxygens (including phenoxy) is 2. The van der Waals surface area contributed by atoms with E-state index in [0.29, 0.717) is 25.7 Å². The minimum absolute atomic E-state index is 0.0411. The third kappa shape index (κ3) is 33.7. The number of aliphatic hydroxyl groups is 5. The second-order valence-corrected chi connectivity index (χ2v) is 20.6. The molecule has 1 fully saturated rings. The van der Waals surface area contributed by atoms with Crippen LogP contribution in [0.2, 0.25) is 0 Å². The molecule has 1 rings (SSSR count). The maximum atomic E-state index is 12.9. The molecule has 14 nitrogen and oxygen atoms in total. The van der Waals surface area contributed by atoms with E-state index in [9.17, 15) is 44.3 Å². The number of phosphoric acid groups is 1. The minimum atomic E-state index is -4.71. The predicted molar refractivity (Wildman–Crippen MR) is 258 cm³/mol. The molecule has 0 spiro atoms. The number of hydrogen-bond donors (Lipinski definition) is 6. The molecule has 0 saturated heterocycles. The highest BCUT2D eigenvalue weighted by atomic mass is 31.2. The largest absolute Gasteiger partial charge is 0.472 e. The molecule has 0 aromatic carbocycles. The van der Waals surface area contributed by atoms with Crippen LogP contribution < -0.4 is 0 Å². The number of carbonyl (C=O) groups is 3. The summed E-state index contributed by atoms with van der Waals surface area (Å²) in [7, 11) is -4.71. The molecule has 0 aromatic rings. The molecule has 0 aliphatic heterocycles. The van der Waals surface area contributed by atoms with Crippen LogP contribution in [-0.2, 0) is 37.5 Å². The van der Waals surface area contributed by atoms with Gasteiger partial charge in [0.05, 0.1) is 38.1 Å². The standard InChI is InChI=1S/C51H95O14P/c1-4-6-23-29-42(53)33-34-46-47(49(57)36-48(46)56)35-43(54)30-26-27-31-50(58)62-39-45(40-64-66(60,61)63-38-44(55)37-52)65-51(59)32-25-22-20-18-16-14-12-10-8-7-9-11-13-15-17-19-21-24-28-41(3)5-2/h33-34,41-42,44-49,52-53,55-57H,4-32,35-40H2,1-3H3,(H,60,61)/b34-33+/t41?,42-,44-,45+,46+,47+,48+,49-/m0/s1. The van der Waals surface area contributed by atoms with Crippen molar-refractivity contribution < 1.29 is 67.9 Å². The summed E-state index contributed by atoms with van der Waals surface area (Å²) in [5, 5.41) is 49.8. The molecule has 1 aliphatic rings. The van der Waals surface area contributed by atoms with Crippen LogP contribution in [-0.4, -0.2) is 105 Å². The Morgan fingerprint density at radius 3 is 1.71 bits per heavy atom. The number of hydrogen-bond acceptors (Lipinski definition) is 13. The Morgan fingerprint density at radius 1 is 0.652 bits per heavy atom. The van der Waals surface area contributed by atoms with Gasteiger partial charge in [0.25, 0.3) is 0 Å². The van der Waals surface area contributed by atoms with Crippen LogP contribution in [0.5, 0.6) is 0 Å². The Morgan fingerprint density at radius 2 is 1.15 bits per heavy atom. The van der Waals surface area contributed by atoms with Crippen molar-refractivity contribution in [3.8, 4) is 0 Å². The lowest BCUT2D eigenvalue weighted by Crippen LogP contribution is -2.29. The highest BCUT2D eigenvalue weighted by molar-refractivity contribution is 7.47. The molecule has 0 radical (unpaired) electrons. The fourth-order valence-corrected chi connectivity index (χ4v) is 9.23. The summed E-state index contributed by atoms with van der Waals surface area (Å²) in [6, 6.07) is 0. The summed E-state index contributed by atoms with van der Waals surface area (Å²) in [6.45, 7) is 4.27. The number of carbonyl (C=O) groups excluding carboxylic acids is 3. The lowest BCUT2D eigenvalue weighted by atomic mass is 9.87. The number of unbranched alkanes of at least 4 members (excludes halogenated alkanes) is 20. The van der Waals surface area contributed by atoms with Crippen molar-refractivity contribution in [2.75, 3.05) is 26.4 Å². The van der Waals surface area contributed by atoms with E-state index < -0.39 is 88.5 Å². The van der Waals surface area contributed by atoms with Gasteiger partial charge in [-0.05, 0) is 31.6 Å². The van der Waals surface area contributed by atoms with E-state index in [1.807, 2.05) is 0 Å². The maximum Gasteiger partial charge on any atom is 0.472 e. The van der Waals surface area contributed by atoms with Gasteiger partial charge >= 0.3 is 19.8 Å². The van der Waals surface area contributed by atoms with Gasteiger partial charge in [0.2, 0.25) is 0 Å². The van der Waals surface area contributed by atoms with E-state index in [2.05, 4.69) is 25.3 Å². The fraction of sp³-hybridized carbons (Fsp3) is 0.902. The molecule has 0 amide bonds. The average molecular weight is 963 g/mol. The molecule has 388 valence electrons. The molecule has 66 heavy (non-hydrogen) atoms. The van der Waals surface area contributed by atoms with Crippen molar-refractivity contribution in [3.63, 3.8) is 0 Å². The van der Waals surface area contributed by atoms with Crippen LogP contribution in [0.25, 0.3) is 0 Å². The highest BCUT2D eigenvalue weighted by Crippen LogP contribution is 2.43. The molecule has 9 atom stereocenters. The zero-order valence-electron chi connectivity index (χ0n) is 41.4. The molecule has 1 aliphatic carbocycles. The number of esters is 2. The first-order valence-corrected chi connectivity index (χ1v) is 27.7. The van der Waals surface area contributed by atoms with Gasteiger partial charge in [-0.15, -0.1) is 0 Å². The fourth-order valence-electron chi connectivity index (χ4n) is 8.44. The Balaban J connectivity index is 2.35. The first-order valence-electron chi connectivity index (χ1n) is 26.2. The minimum Gasteiger partial charge on any atom is -0.462 e. The number of rotatable bonds is 45. The Hall–Kier alpha value is -1.74. The third-order valence-electron chi connectivity index (χ3n) is 12.9. The smallest absolute Gasteiger partial charge is 0.462 e. The van der Waals surface area contributed by atoms with Crippen LogP contribution in [0, 0.1) is 17.8 Å². The van der Waals surface area contributed by atoms with Crippen LogP contribution in [0.4, 0.5) is 0 Å². The summed E-state index contributed by atoms with van der Waals surface area (Å²) in [4.78, 5) is 48.2. The third-order valence-corrected chi connectivity index (χ3v) is 13.9. The SMILES string of the molecule is CCCCC[C@H](O)/C=C/[C@@H]1[C@@H](CC(=O)CCCCC(=O)OC[C@H](COP(=O)(O)OC[C@@H](O)CO)OC(=O)CCCCCCCCCCCCCCCCCCCCC(C)CC)[C@@H](O)C[C@H]1O.